The standard InChI is InChI=1S/C44H59N3O16/c1-42(2,3)38(53)61-25-58-34(49)23-21-31(36(51)59-26-62-39(54)43(4,5)6)45-33(48)22-20-32(37(52)60-27-63-40(55)44(7,8)9)46-35(50)29-16-18-30(19-17-29)47(10)41(56)57-24-28-14-12-11-13-15-28/h11-19,31-32H,20-27H2,1-10H3,(H,45,48)(H,46,50)/t31-,32-/m0/s1. The molecule has 0 heterocycles. The summed E-state index contributed by atoms with van der Waals surface area (Å²) in [6.45, 7) is 12.1. The van der Waals surface area contributed by atoms with Crippen LogP contribution in [0.25, 0.3) is 0 Å². The first-order chi connectivity index (χ1) is 29.3. The molecule has 0 unspecified atom stereocenters. The van der Waals surface area contributed by atoms with E-state index in [0.717, 1.165) is 5.56 Å². The minimum absolute atomic E-state index is 0.0431. The third-order valence-corrected chi connectivity index (χ3v) is 8.53. The van der Waals surface area contributed by atoms with Crippen LogP contribution in [0, 0.1) is 16.2 Å². The largest absolute Gasteiger partial charge is 0.444 e. The first-order valence-corrected chi connectivity index (χ1v) is 19.9. The molecule has 0 aromatic heterocycles. The van der Waals surface area contributed by atoms with E-state index in [0.29, 0.717) is 5.69 Å². The van der Waals surface area contributed by atoms with Gasteiger partial charge in [0.1, 0.15) is 18.7 Å². The number of hydrogen-bond donors (Lipinski definition) is 2. The lowest BCUT2D eigenvalue weighted by Gasteiger charge is -2.21. The summed E-state index contributed by atoms with van der Waals surface area (Å²) < 4.78 is 35.4. The predicted octanol–water partition coefficient (Wildman–Crippen LogP) is 4.87. The lowest BCUT2D eigenvalue weighted by molar-refractivity contribution is -0.176. The van der Waals surface area contributed by atoms with Crippen molar-refractivity contribution in [1.29, 1.82) is 0 Å². The van der Waals surface area contributed by atoms with E-state index in [1.807, 2.05) is 18.2 Å². The Morgan fingerprint density at radius 3 is 1.46 bits per heavy atom. The molecule has 0 aliphatic carbocycles. The molecule has 2 rings (SSSR count). The fourth-order valence-corrected chi connectivity index (χ4v) is 4.66. The second kappa shape index (κ2) is 24.2. The number of anilines is 1. The number of carbonyl (C=O) groups excluding carboxylic acids is 9. The van der Waals surface area contributed by atoms with Crippen LogP contribution >= 0.6 is 0 Å². The SMILES string of the molecule is CN(C(=O)OCc1ccccc1)c1ccc(C(=O)N[C@@H](CCC(=O)N[C@@H](CCC(=O)OCOC(=O)C(C)(C)C)C(=O)OCOC(=O)C(C)(C)C)C(=O)OCOC(=O)C(C)(C)C)cc1. The van der Waals surface area contributed by atoms with Gasteiger partial charge in [-0.1, -0.05) is 30.3 Å². The van der Waals surface area contributed by atoms with Crippen molar-refractivity contribution < 1.29 is 76.3 Å². The van der Waals surface area contributed by atoms with Gasteiger partial charge in [0.25, 0.3) is 5.91 Å². The Hall–Kier alpha value is -6.53. The maximum Gasteiger partial charge on any atom is 0.414 e. The van der Waals surface area contributed by atoms with Crippen molar-refractivity contribution in [2.45, 2.75) is 107 Å². The third kappa shape index (κ3) is 19.4. The zero-order chi connectivity index (χ0) is 47.5. The second-order valence-corrected chi connectivity index (χ2v) is 17.2. The third-order valence-electron chi connectivity index (χ3n) is 8.53. The summed E-state index contributed by atoms with van der Waals surface area (Å²) in [4.78, 5) is 116. The van der Waals surface area contributed by atoms with Crippen LogP contribution in [0.2, 0.25) is 0 Å². The van der Waals surface area contributed by atoms with E-state index in [-0.39, 0.29) is 18.6 Å². The lowest BCUT2D eigenvalue weighted by Crippen LogP contribution is -2.45. The molecule has 2 aromatic carbocycles. The number of benzene rings is 2. The smallest absolute Gasteiger partial charge is 0.414 e. The highest BCUT2D eigenvalue weighted by Crippen LogP contribution is 2.19. The van der Waals surface area contributed by atoms with Crippen LogP contribution in [0.5, 0.6) is 0 Å². The highest BCUT2D eigenvalue weighted by molar-refractivity contribution is 5.98. The zero-order valence-electron chi connectivity index (χ0n) is 37.5. The maximum atomic E-state index is 13.4. The molecule has 0 fully saturated rings. The molecule has 3 amide bonds. The van der Waals surface area contributed by atoms with Crippen LogP contribution in [-0.4, -0.2) is 93.2 Å². The minimum Gasteiger partial charge on any atom is -0.444 e. The van der Waals surface area contributed by atoms with Crippen molar-refractivity contribution in [2.24, 2.45) is 16.2 Å². The van der Waals surface area contributed by atoms with Gasteiger partial charge in [0.2, 0.25) is 26.3 Å². The predicted molar refractivity (Wildman–Crippen MR) is 223 cm³/mol. The summed E-state index contributed by atoms with van der Waals surface area (Å²) >= 11 is 0. The van der Waals surface area contributed by atoms with Gasteiger partial charge in [-0.3, -0.25) is 33.7 Å². The van der Waals surface area contributed by atoms with Gasteiger partial charge in [0, 0.05) is 31.1 Å². The zero-order valence-corrected chi connectivity index (χ0v) is 37.5. The average molecular weight is 886 g/mol. The van der Waals surface area contributed by atoms with Crippen LogP contribution in [0.3, 0.4) is 0 Å². The van der Waals surface area contributed by atoms with E-state index in [1.54, 1.807) is 74.4 Å². The van der Waals surface area contributed by atoms with E-state index in [1.165, 1.54) is 36.2 Å². The van der Waals surface area contributed by atoms with Crippen LogP contribution in [0.4, 0.5) is 10.5 Å². The van der Waals surface area contributed by atoms with Gasteiger partial charge in [-0.25, -0.2) is 14.4 Å². The molecule has 2 aromatic rings. The summed E-state index contributed by atoms with van der Waals surface area (Å²) in [5.41, 5.74) is -1.46. The van der Waals surface area contributed by atoms with E-state index in [9.17, 15) is 43.2 Å². The molecule has 19 nitrogen and oxygen atoms in total. The highest BCUT2D eigenvalue weighted by atomic mass is 16.7. The van der Waals surface area contributed by atoms with Gasteiger partial charge in [-0.05, 0) is 105 Å². The number of nitrogens with one attached hydrogen (secondary N) is 2. The van der Waals surface area contributed by atoms with Gasteiger partial charge in [-0.2, -0.15) is 0 Å². The van der Waals surface area contributed by atoms with Crippen molar-refractivity contribution in [3.63, 3.8) is 0 Å². The van der Waals surface area contributed by atoms with Crippen LogP contribution < -0.4 is 15.5 Å². The second-order valence-electron chi connectivity index (χ2n) is 17.2. The number of esters is 6. The molecule has 0 bridgehead atoms. The van der Waals surface area contributed by atoms with Gasteiger partial charge in [0.05, 0.1) is 16.2 Å². The van der Waals surface area contributed by atoms with Crippen LogP contribution in [0.1, 0.15) is 104 Å². The molecule has 2 atom stereocenters. The van der Waals surface area contributed by atoms with E-state index < -0.39 is 122 Å². The van der Waals surface area contributed by atoms with Crippen molar-refractivity contribution in [3.8, 4) is 0 Å². The van der Waals surface area contributed by atoms with Crippen molar-refractivity contribution in [3.05, 3.63) is 65.7 Å². The Balaban J connectivity index is 2.18. The molecule has 0 spiro atoms. The lowest BCUT2D eigenvalue weighted by atomic mass is 9.97. The first kappa shape index (κ1) is 52.6. The monoisotopic (exact) mass is 885 g/mol. The average Bonchev–Trinajstić information content (AvgIpc) is 3.21. The number of rotatable bonds is 20. The number of hydrogen-bond acceptors (Lipinski definition) is 16. The molecule has 0 saturated heterocycles. The van der Waals surface area contributed by atoms with Crippen LogP contribution in [0.15, 0.2) is 54.6 Å². The normalized spacial score (nSPS) is 12.3. The summed E-state index contributed by atoms with van der Waals surface area (Å²) in [6, 6.07) is 11.8. The molecule has 346 valence electrons. The van der Waals surface area contributed by atoms with E-state index in [2.05, 4.69) is 10.6 Å². The molecule has 0 aliphatic rings. The molecule has 19 heteroatoms. The molecule has 63 heavy (non-hydrogen) atoms. The Morgan fingerprint density at radius 2 is 0.984 bits per heavy atom. The summed E-state index contributed by atoms with van der Waals surface area (Å²) in [7, 11) is 1.48. The van der Waals surface area contributed by atoms with E-state index >= 15 is 0 Å². The van der Waals surface area contributed by atoms with Crippen molar-refractivity contribution >= 4 is 59.4 Å². The molecular weight excluding hydrogens is 826 g/mol. The Labute approximate surface area is 366 Å². The fourth-order valence-electron chi connectivity index (χ4n) is 4.66. The molecule has 0 saturated carbocycles. The van der Waals surface area contributed by atoms with Gasteiger partial charge < -0.3 is 43.8 Å². The number of carbonyl (C=O) groups is 9. The van der Waals surface area contributed by atoms with Crippen LogP contribution in [-0.2, 0) is 73.3 Å². The quantitative estimate of drug-likeness (QED) is 0.102. The first-order valence-electron chi connectivity index (χ1n) is 19.9. The van der Waals surface area contributed by atoms with Gasteiger partial charge >= 0.3 is 41.9 Å². The molecule has 0 radical (unpaired) electrons. The van der Waals surface area contributed by atoms with Gasteiger partial charge in [0.15, 0.2) is 0 Å². The topological polar surface area (TPSA) is 246 Å². The molecule has 0 aliphatic heterocycles. The fraction of sp³-hybridized carbons (Fsp3) is 0.523. The Kier molecular flexibility index (Phi) is 20.2. The summed E-state index contributed by atoms with van der Waals surface area (Å²) in [5.74, 6) is -6.63. The number of amides is 3. The summed E-state index contributed by atoms with van der Waals surface area (Å²) in [6.07, 6.45) is -2.39. The van der Waals surface area contributed by atoms with Gasteiger partial charge in [-0.15, -0.1) is 0 Å². The Bertz CT molecular complexity index is 1910. The molecular formula is C44H59N3O16. The maximum absolute atomic E-state index is 13.4. The van der Waals surface area contributed by atoms with E-state index in [4.69, 9.17) is 33.2 Å². The Morgan fingerprint density at radius 1 is 0.540 bits per heavy atom. The van der Waals surface area contributed by atoms with Crippen molar-refractivity contribution in [1.82, 2.24) is 10.6 Å². The number of ether oxygens (including phenoxy) is 7. The minimum atomic E-state index is -1.50. The highest BCUT2D eigenvalue weighted by Gasteiger charge is 2.30. The van der Waals surface area contributed by atoms with Crippen molar-refractivity contribution in [2.75, 3.05) is 32.3 Å². The summed E-state index contributed by atoms with van der Waals surface area (Å²) in [5, 5.41) is 4.90. The number of nitrogens with zero attached hydrogens (tertiary/aromatic N) is 1. The molecule has 2 N–H and O–H groups in total.